The summed E-state index contributed by atoms with van der Waals surface area (Å²) < 4.78 is 114. The molecule has 0 fully saturated rings. The van der Waals surface area contributed by atoms with Gasteiger partial charge in [0.05, 0.1) is 26.6 Å². The van der Waals surface area contributed by atoms with Gasteiger partial charge in [-0.3, -0.25) is 0 Å². The van der Waals surface area contributed by atoms with Crippen LogP contribution in [-0.4, -0.2) is 9.97 Å². The quantitative estimate of drug-likeness (QED) is 0.0840. The molecule has 0 aliphatic rings. The van der Waals surface area contributed by atoms with E-state index >= 15 is 0 Å². The molecule has 0 unspecified atom stereocenters. The molecule has 0 aliphatic carbocycles. The molecule has 4 aromatic carbocycles. The predicted molar refractivity (Wildman–Crippen MR) is 97.4 cm³/mol. The van der Waals surface area contributed by atoms with Crippen molar-refractivity contribution >= 4 is 43.6 Å². The van der Waals surface area contributed by atoms with Crippen molar-refractivity contribution in [1.29, 1.82) is 5.26 Å². The number of fused-ring (bicyclic) bond motifs is 6. The molecule has 34 heavy (non-hydrogen) atoms. The van der Waals surface area contributed by atoms with Gasteiger partial charge in [0.1, 0.15) is 27.4 Å². The third-order valence-corrected chi connectivity index (χ3v) is 5.14. The highest BCUT2D eigenvalue weighted by Gasteiger charge is 2.31. The fraction of sp³-hybridized carbons (Fsp3) is 0. The van der Waals surface area contributed by atoms with E-state index in [0.717, 1.165) is 0 Å². The summed E-state index contributed by atoms with van der Waals surface area (Å²) in [7, 11) is 0. The molecular weight excluding hydrogens is 476 g/mol. The first kappa shape index (κ1) is 21.1. The zero-order valence-electron chi connectivity index (χ0n) is 15.7. The van der Waals surface area contributed by atoms with Crippen molar-refractivity contribution in [2.45, 2.75) is 0 Å². The molecule has 0 bridgehead atoms. The van der Waals surface area contributed by atoms with Gasteiger partial charge in [-0.2, -0.15) is 16.8 Å². The zero-order chi connectivity index (χ0) is 24.6. The molecule has 0 amide bonds. The van der Waals surface area contributed by atoms with Gasteiger partial charge < -0.3 is 0 Å². The summed E-state index contributed by atoms with van der Waals surface area (Å²) in [6.07, 6.45) is 1.23. The number of aromatic nitrogens is 2. The van der Waals surface area contributed by atoms with Crippen LogP contribution < -0.4 is 10.7 Å². The van der Waals surface area contributed by atoms with Crippen LogP contribution in [0.4, 0.5) is 35.1 Å². The predicted octanol–water partition coefficient (Wildman–Crippen LogP) is 4.19. The van der Waals surface area contributed by atoms with Crippen LogP contribution in [0.15, 0.2) is 10.1 Å². The molecule has 1 heterocycles. The van der Waals surface area contributed by atoms with Crippen molar-refractivity contribution in [3.8, 4) is 6.19 Å². The first-order chi connectivity index (χ1) is 16.1. The van der Waals surface area contributed by atoms with Crippen molar-refractivity contribution in [2.24, 2.45) is 10.1 Å². The molecule has 0 saturated heterocycles. The molecule has 166 valence electrons. The second-order valence-electron chi connectivity index (χ2n) is 6.74. The van der Waals surface area contributed by atoms with E-state index in [4.69, 9.17) is 11.8 Å². The number of hydrogen-bond acceptors (Lipinski definition) is 5. The number of rotatable bonds is 0. The number of nitriles is 1. The highest BCUT2D eigenvalue weighted by atomic mass is 19.2. The summed E-state index contributed by atoms with van der Waals surface area (Å²) in [5.41, 5.74) is -2.88. The smallest absolute Gasteiger partial charge is 0.206 e. The monoisotopic (exact) mass is 476 g/mol. The minimum Gasteiger partial charge on any atom is -0.241 e. The minimum absolute atomic E-state index is 0.693. The Hall–Kier alpha value is -4.72. The van der Waals surface area contributed by atoms with Gasteiger partial charge in [0.25, 0.3) is 0 Å². The molecule has 5 rings (SSSR count). The van der Waals surface area contributed by atoms with E-state index in [1.807, 2.05) is 0 Å². The fourth-order valence-electron chi connectivity index (χ4n) is 3.81. The molecule has 0 N–H and O–H groups in total. The Morgan fingerprint density at radius 1 is 0.588 bits per heavy atom. The van der Waals surface area contributed by atoms with Crippen LogP contribution in [0.1, 0.15) is 0 Å². The molecule has 0 aliphatic heterocycles. The van der Waals surface area contributed by atoms with Gasteiger partial charge in [-0.15, -0.1) is 4.95 Å². The van der Waals surface area contributed by atoms with E-state index < -0.39 is 101 Å². The lowest BCUT2D eigenvalue weighted by Gasteiger charge is -2.00. The van der Waals surface area contributed by atoms with Crippen LogP contribution in [-0.2, 0) is 0 Å². The third-order valence-electron chi connectivity index (χ3n) is 5.14. The summed E-state index contributed by atoms with van der Waals surface area (Å²) >= 11 is 0. The average molecular weight is 476 g/mol. The van der Waals surface area contributed by atoms with E-state index in [0.29, 0.717) is 0 Å². The molecule has 14 heteroatoms. The van der Waals surface area contributed by atoms with Crippen molar-refractivity contribution in [3.05, 3.63) is 68.8 Å². The van der Waals surface area contributed by atoms with Gasteiger partial charge in [-0.1, -0.05) is 0 Å². The summed E-state index contributed by atoms with van der Waals surface area (Å²) in [4.78, 5) is 13.5. The lowest BCUT2D eigenvalue weighted by atomic mass is 10.2. The van der Waals surface area contributed by atoms with Gasteiger partial charge >= 0.3 is 0 Å². The maximum absolute atomic E-state index is 14.6. The molecule has 6 nitrogen and oxygen atoms in total. The normalized spacial score (nSPS) is 13.0. The van der Waals surface area contributed by atoms with Crippen LogP contribution in [0.5, 0.6) is 0 Å². The molecule has 0 atom stereocenters. The highest BCUT2D eigenvalue weighted by Crippen LogP contribution is 2.35. The fourth-order valence-corrected chi connectivity index (χ4v) is 3.81. The molecule has 1 aromatic heterocycles. The second-order valence-corrected chi connectivity index (χ2v) is 6.74. The molecule has 0 radical (unpaired) electrons. The van der Waals surface area contributed by atoms with E-state index in [2.05, 4.69) is 25.0 Å². The first-order valence-corrected chi connectivity index (χ1v) is 8.72. The second kappa shape index (κ2) is 6.89. The number of hydrogen-bond donors (Lipinski definition) is 0. The maximum Gasteiger partial charge on any atom is 0.206 e. The van der Waals surface area contributed by atoms with Crippen molar-refractivity contribution in [2.75, 3.05) is 0 Å². The average Bonchev–Trinajstić information content (AvgIpc) is 3.30. The molecule has 0 spiro atoms. The topological polar surface area (TPSA) is 78.7 Å². The lowest BCUT2D eigenvalue weighted by molar-refractivity contribution is 0.418. The van der Waals surface area contributed by atoms with Crippen LogP contribution in [0.25, 0.3) is 48.6 Å². The summed E-state index contributed by atoms with van der Waals surface area (Å²) in [6.45, 7) is 6.89. The Kier molecular flexibility index (Phi) is 4.28. The molecule has 0 saturated carbocycles. The Bertz CT molecular complexity index is 1830. The highest BCUT2D eigenvalue weighted by molar-refractivity contribution is 6.15. The number of halogens is 8. The van der Waals surface area contributed by atoms with E-state index in [1.165, 1.54) is 6.19 Å². The first-order valence-electron chi connectivity index (χ1n) is 8.72. The SMILES string of the molecule is [C-]#[N+]/N=c1\c2nc3c(nc2c2c(F)c(F)c(F)c(F)c12)c(=NC#N)c1c(F)c(F)c(F)c(F)c13. The van der Waals surface area contributed by atoms with Gasteiger partial charge in [0, 0.05) is 0 Å². The van der Waals surface area contributed by atoms with Crippen molar-refractivity contribution in [1.82, 2.24) is 9.97 Å². The van der Waals surface area contributed by atoms with E-state index in [-0.39, 0.29) is 0 Å². The summed E-state index contributed by atoms with van der Waals surface area (Å²) in [6, 6.07) is 0. The minimum atomic E-state index is -2.23. The van der Waals surface area contributed by atoms with Crippen molar-refractivity contribution < 1.29 is 35.1 Å². The summed E-state index contributed by atoms with van der Waals surface area (Å²) in [5, 5.41) is 6.40. The Labute approximate surface area is 179 Å². The standard InChI is InChI=1S/C20F8N6/c1-30-34-18-6-5(9(23)13(27)14(28)10(6)24)17-20(18)33-16-4-3(15(31-2-29)19(16)32-17)7(21)11(25)12(26)8(4)22/b31-15?,34-18-. The zero-order valence-corrected chi connectivity index (χ0v) is 15.7. The van der Waals surface area contributed by atoms with Gasteiger partial charge in [0.15, 0.2) is 51.9 Å². The largest absolute Gasteiger partial charge is 0.241 e. The van der Waals surface area contributed by atoms with E-state index in [1.54, 1.807) is 0 Å². The van der Waals surface area contributed by atoms with Gasteiger partial charge in [0.2, 0.25) is 6.19 Å². The lowest BCUT2D eigenvalue weighted by Crippen LogP contribution is -2.06. The summed E-state index contributed by atoms with van der Waals surface area (Å²) in [5.74, 6) is -16.7. The number of nitrogens with zero attached hydrogens (tertiary/aromatic N) is 6. The van der Waals surface area contributed by atoms with Gasteiger partial charge in [-0.25, -0.2) is 45.1 Å². The Balaban J connectivity index is 2.22. The van der Waals surface area contributed by atoms with Crippen LogP contribution in [0.2, 0.25) is 0 Å². The maximum atomic E-state index is 14.6. The third kappa shape index (κ3) is 2.36. The van der Waals surface area contributed by atoms with Crippen LogP contribution in [0, 0.1) is 64.6 Å². The Morgan fingerprint density at radius 2 is 0.971 bits per heavy atom. The van der Waals surface area contributed by atoms with Crippen LogP contribution in [0.3, 0.4) is 0 Å². The van der Waals surface area contributed by atoms with Crippen molar-refractivity contribution in [3.63, 3.8) is 0 Å². The molecule has 5 aromatic rings. The molecular formula is C20F8N6. The van der Waals surface area contributed by atoms with Crippen LogP contribution >= 0.6 is 0 Å². The van der Waals surface area contributed by atoms with E-state index in [9.17, 15) is 35.1 Å². The number of benzene rings is 2. The Morgan fingerprint density at radius 3 is 1.38 bits per heavy atom. The van der Waals surface area contributed by atoms with Gasteiger partial charge in [-0.05, 0) is 0 Å².